The predicted octanol–water partition coefficient (Wildman–Crippen LogP) is 5.35. The molecule has 0 aromatic heterocycles. The van der Waals surface area contributed by atoms with E-state index < -0.39 is 0 Å². The fourth-order valence-electron chi connectivity index (χ4n) is 2.83. The van der Waals surface area contributed by atoms with Crippen molar-refractivity contribution in [2.75, 3.05) is 0 Å². The molecule has 2 heteroatoms. The van der Waals surface area contributed by atoms with Gasteiger partial charge in [0.1, 0.15) is 0 Å². The third-order valence-electron chi connectivity index (χ3n) is 4.09. The lowest BCUT2D eigenvalue weighted by Crippen LogP contribution is -2.00. The zero-order valence-electron chi connectivity index (χ0n) is 13.1. The lowest BCUT2D eigenvalue weighted by molar-refractivity contribution is 0.997. The van der Waals surface area contributed by atoms with Crippen molar-refractivity contribution in [2.45, 2.75) is 12.0 Å². The van der Waals surface area contributed by atoms with Gasteiger partial charge in [0.2, 0.25) is 0 Å². The van der Waals surface area contributed by atoms with Crippen LogP contribution in [0.4, 0.5) is 0 Å². The fourth-order valence-corrected chi connectivity index (χ4v) is 2.83. The summed E-state index contributed by atoms with van der Waals surface area (Å²) in [4.78, 5) is 3.77. The van der Waals surface area contributed by atoms with Crippen LogP contribution in [0.25, 0.3) is 4.85 Å². The minimum absolute atomic E-state index is 0.289. The Kier molecular flexibility index (Phi) is 4.70. The molecule has 0 heterocycles. The molecule has 24 heavy (non-hydrogen) atoms. The molecule has 3 rings (SSSR count). The second-order valence-electron chi connectivity index (χ2n) is 5.58. The number of nitriles is 1. The molecule has 0 fully saturated rings. The summed E-state index contributed by atoms with van der Waals surface area (Å²) in [5, 5.41) is 9.54. The standard InChI is InChI=1S/C22H16N2/c1-24-22(19-10-6-3-7-11-19)20-14-12-18(13-15-20)21(16-23)17-8-4-2-5-9-17/h2-15,21-22H. The highest BCUT2D eigenvalue weighted by Gasteiger charge is 2.19. The molecule has 0 aliphatic heterocycles. The van der Waals surface area contributed by atoms with Crippen molar-refractivity contribution in [3.63, 3.8) is 0 Å². The first kappa shape index (κ1) is 15.5. The molecule has 0 spiro atoms. The quantitative estimate of drug-likeness (QED) is 0.597. The predicted molar refractivity (Wildman–Crippen MR) is 95.2 cm³/mol. The molecular formula is C22H16N2. The number of rotatable bonds is 4. The van der Waals surface area contributed by atoms with Crippen LogP contribution < -0.4 is 0 Å². The van der Waals surface area contributed by atoms with E-state index in [1.807, 2.05) is 84.9 Å². The Morgan fingerprint density at radius 3 is 1.58 bits per heavy atom. The van der Waals surface area contributed by atoms with Gasteiger partial charge in [-0.1, -0.05) is 84.9 Å². The van der Waals surface area contributed by atoms with Gasteiger partial charge in [-0.25, -0.2) is 6.57 Å². The van der Waals surface area contributed by atoms with E-state index >= 15 is 0 Å². The van der Waals surface area contributed by atoms with E-state index in [-0.39, 0.29) is 12.0 Å². The van der Waals surface area contributed by atoms with E-state index in [0.29, 0.717) is 0 Å². The highest BCUT2D eigenvalue weighted by atomic mass is 14.7. The van der Waals surface area contributed by atoms with Gasteiger partial charge < -0.3 is 4.85 Å². The molecule has 3 aromatic rings. The van der Waals surface area contributed by atoms with E-state index in [4.69, 9.17) is 6.57 Å². The summed E-state index contributed by atoms with van der Waals surface area (Å²) in [7, 11) is 0. The maximum Gasteiger partial charge on any atom is 0.273 e. The van der Waals surface area contributed by atoms with Crippen LogP contribution in [-0.4, -0.2) is 0 Å². The third-order valence-corrected chi connectivity index (χ3v) is 4.09. The van der Waals surface area contributed by atoms with Crippen molar-refractivity contribution in [3.8, 4) is 6.07 Å². The SMILES string of the molecule is [C-]#[N+]C(c1ccccc1)c1ccc(C(C#N)c2ccccc2)cc1. The van der Waals surface area contributed by atoms with E-state index in [2.05, 4.69) is 10.9 Å². The number of nitrogens with zero attached hydrogens (tertiary/aromatic N) is 2. The minimum Gasteiger partial charge on any atom is -0.303 e. The molecule has 0 N–H and O–H groups in total. The average Bonchev–Trinajstić information content (AvgIpc) is 2.66. The third kappa shape index (κ3) is 3.19. The van der Waals surface area contributed by atoms with Crippen LogP contribution in [0.2, 0.25) is 0 Å². The Morgan fingerprint density at radius 2 is 1.08 bits per heavy atom. The Labute approximate surface area is 142 Å². The van der Waals surface area contributed by atoms with Crippen molar-refractivity contribution in [1.29, 1.82) is 5.26 Å². The first-order chi connectivity index (χ1) is 11.8. The van der Waals surface area contributed by atoms with E-state index in [0.717, 1.165) is 22.3 Å². The molecule has 0 aliphatic rings. The van der Waals surface area contributed by atoms with Crippen molar-refractivity contribution >= 4 is 0 Å². The molecular weight excluding hydrogens is 292 g/mol. The van der Waals surface area contributed by atoms with Gasteiger partial charge in [0.15, 0.2) is 0 Å². The van der Waals surface area contributed by atoms with Crippen LogP contribution in [0.5, 0.6) is 0 Å². The van der Waals surface area contributed by atoms with Gasteiger partial charge in [-0.05, 0) is 11.1 Å². The van der Waals surface area contributed by atoms with E-state index in [1.165, 1.54) is 0 Å². The molecule has 2 atom stereocenters. The maximum absolute atomic E-state index is 9.54. The Balaban J connectivity index is 1.91. The van der Waals surface area contributed by atoms with Gasteiger partial charge in [0.25, 0.3) is 6.04 Å². The summed E-state index contributed by atoms with van der Waals surface area (Å²) in [6.45, 7) is 7.52. The number of hydrogen-bond donors (Lipinski definition) is 0. The summed E-state index contributed by atoms with van der Waals surface area (Å²) < 4.78 is 0. The maximum atomic E-state index is 9.54. The monoisotopic (exact) mass is 308 g/mol. The van der Waals surface area contributed by atoms with Gasteiger partial charge in [-0.2, -0.15) is 5.26 Å². The zero-order chi connectivity index (χ0) is 16.8. The zero-order valence-corrected chi connectivity index (χ0v) is 13.1. The Bertz CT molecular complexity index is 793. The molecule has 2 nitrogen and oxygen atoms in total. The van der Waals surface area contributed by atoms with Crippen molar-refractivity contribution in [2.24, 2.45) is 0 Å². The molecule has 0 amide bonds. The lowest BCUT2D eigenvalue weighted by atomic mass is 9.90. The highest BCUT2D eigenvalue weighted by Crippen LogP contribution is 2.29. The Hall–Kier alpha value is -3.36. The Morgan fingerprint density at radius 1 is 0.667 bits per heavy atom. The topological polar surface area (TPSA) is 28.1 Å². The van der Waals surface area contributed by atoms with Gasteiger partial charge in [0.05, 0.1) is 12.0 Å². The van der Waals surface area contributed by atoms with Crippen molar-refractivity contribution in [1.82, 2.24) is 0 Å². The molecule has 0 radical (unpaired) electrons. The summed E-state index contributed by atoms with van der Waals surface area (Å²) in [6, 6.07) is 29.4. The summed E-state index contributed by atoms with van der Waals surface area (Å²) in [5.74, 6) is -0.289. The first-order valence-electron chi connectivity index (χ1n) is 7.79. The highest BCUT2D eigenvalue weighted by molar-refractivity contribution is 5.42. The second-order valence-corrected chi connectivity index (χ2v) is 5.58. The van der Waals surface area contributed by atoms with Crippen LogP contribution in [0.1, 0.15) is 34.2 Å². The molecule has 0 saturated carbocycles. The van der Waals surface area contributed by atoms with Crippen LogP contribution in [0.3, 0.4) is 0 Å². The molecule has 114 valence electrons. The number of hydrogen-bond acceptors (Lipinski definition) is 1. The van der Waals surface area contributed by atoms with Gasteiger partial charge in [-0.3, -0.25) is 0 Å². The van der Waals surface area contributed by atoms with Crippen LogP contribution in [-0.2, 0) is 0 Å². The molecule has 0 saturated heterocycles. The first-order valence-corrected chi connectivity index (χ1v) is 7.79. The summed E-state index contributed by atoms with van der Waals surface area (Å²) in [5.41, 5.74) is 3.87. The van der Waals surface area contributed by atoms with Gasteiger partial charge >= 0.3 is 0 Å². The number of benzene rings is 3. The van der Waals surface area contributed by atoms with Crippen LogP contribution in [0.15, 0.2) is 84.9 Å². The summed E-state index contributed by atoms with van der Waals surface area (Å²) >= 11 is 0. The second kappa shape index (κ2) is 7.27. The fraction of sp³-hybridized carbons (Fsp3) is 0.0909. The summed E-state index contributed by atoms with van der Waals surface area (Å²) in [6.07, 6.45) is 0. The molecule has 2 unspecified atom stereocenters. The van der Waals surface area contributed by atoms with E-state index in [9.17, 15) is 5.26 Å². The van der Waals surface area contributed by atoms with E-state index in [1.54, 1.807) is 0 Å². The van der Waals surface area contributed by atoms with Crippen molar-refractivity contribution < 1.29 is 0 Å². The van der Waals surface area contributed by atoms with Gasteiger partial charge in [0, 0.05) is 11.1 Å². The smallest absolute Gasteiger partial charge is 0.273 e. The normalized spacial score (nSPS) is 12.6. The molecule has 3 aromatic carbocycles. The largest absolute Gasteiger partial charge is 0.303 e. The van der Waals surface area contributed by atoms with Crippen LogP contribution in [0, 0.1) is 17.9 Å². The molecule has 0 aliphatic carbocycles. The van der Waals surface area contributed by atoms with Gasteiger partial charge in [-0.15, -0.1) is 0 Å². The van der Waals surface area contributed by atoms with Crippen LogP contribution >= 0.6 is 0 Å². The average molecular weight is 308 g/mol. The van der Waals surface area contributed by atoms with Crippen molar-refractivity contribution in [3.05, 3.63) is 119 Å². The lowest BCUT2D eigenvalue weighted by Gasteiger charge is -2.11. The minimum atomic E-state index is -0.308. The molecule has 0 bridgehead atoms.